The molecule has 7 atom stereocenters. The van der Waals surface area contributed by atoms with Gasteiger partial charge < -0.3 is 20.6 Å². The van der Waals surface area contributed by atoms with Gasteiger partial charge in [0, 0.05) is 18.0 Å². The predicted octanol–water partition coefficient (Wildman–Crippen LogP) is 3.60. The van der Waals surface area contributed by atoms with E-state index in [-0.39, 0.29) is 35.5 Å². The summed E-state index contributed by atoms with van der Waals surface area (Å²) in [5.41, 5.74) is 1.40. The van der Waals surface area contributed by atoms with Crippen LogP contribution in [0.5, 0.6) is 0 Å². The number of rotatable bonds is 6. The summed E-state index contributed by atoms with van der Waals surface area (Å²) < 4.78 is -0.762. The van der Waals surface area contributed by atoms with Crippen LogP contribution in [0.3, 0.4) is 0 Å². The van der Waals surface area contributed by atoms with Crippen molar-refractivity contribution in [2.75, 3.05) is 19.0 Å². The molecule has 0 saturated carbocycles. The number of hydrogen-bond acceptors (Lipinski definition) is 5. The summed E-state index contributed by atoms with van der Waals surface area (Å²) in [4.78, 5) is 43.2. The Hall–Kier alpha value is -3.36. The lowest BCUT2D eigenvalue weighted by Crippen LogP contribution is -2.55. The smallest absolute Gasteiger partial charge is 0.248 e. The maximum atomic E-state index is 14.3. The Kier molecular flexibility index (Phi) is 6.19. The monoisotopic (exact) mass is 529 g/mol. The van der Waals surface area contributed by atoms with Crippen molar-refractivity contribution in [1.29, 1.82) is 0 Å². The zero-order valence-electron chi connectivity index (χ0n) is 21.3. The predicted molar refractivity (Wildman–Crippen MR) is 148 cm³/mol. The van der Waals surface area contributed by atoms with E-state index in [2.05, 4.69) is 17.6 Å². The van der Waals surface area contributed by atoms with Crippen molar-refractivity contribution in [2.45, 2.75) is 35.4 Å². The lowest BCUT2D eigenvalue weighted by molar-refractivity contribution is -0.142. The lowest BCUT2D eigenvalue weighted by Gasteiger charge is -2.40. The standard InChI is InChI=1S/C30H31N3O4S/c1-17-14-23-24(27(35)31-2)25-29(37)33(22(16-34)19-9-4-3-5-10-19)26(30(17,25)38-23)28(36)32-21-13-12-18-8-6-7-11-20(18)15-21/h3-13,15,17,22-26,34H,14,16H2,1-2H3,(H,31,35)(H,32,36)/t17?,22-,23-,24+,25+,26?,30?/m1/s1. The Labute approximate surface area is 226 Å². The highest BCUT2D eigenvalue weighted by Gasteiger charge is 2.76. The molecule has 3 unspecified atom stereocenters. The van der Waals surface area contributed by atoms with Crippen molar-refractivity contribution in [2.24, 2.45) is 17.8 Å². The molecule has 3 aromatic carbocycles. The topological polar surface area (TPSA) is 98.7 Å². The molecule has 1 spiro atoms. The molecule has 0 aliphatic carbocycles. The molecular weight excluding hydrogens is 498 g/mol. The summed E-state index contributed by atoms with van der Waals surface area (Å²) in [5.74, 6) is -1.79. The van der Waals surface area contributed by atoms with Crippen LogP contribution in [0.15, 0.2) is 72.8 Å². The second kappa shape index (κ2) is 9.43. The first-order valence-electron chi connectivity index (χ1n) is 13.1. The van der Waals surface area contributed by atoms with Crippen molar-refractivity contribution in [3.8, 4) is 0 Å². The van der Waals surface area contributed by atoms with E-state index >= 15 is 0 Å². The molecule has 3 aliphatic rings. The highest BCUT2D eigenvalue weighted by molar-refractivity contribution is 8.02. The Morgan fingerprint density at radius 2 is 1.76 bits per heavy atom. The number of likely N-dealkylation sites (tertiary alicyclic amines) is 1. The number of carbonyl (C=O) groups is 3. The van der Waals surface area contributed by atoms with Crippen LogP contribution < -0.4 is 10.6 Å². The van der Waals surface area contributed by atoms with Gasteiger partial charge in [-0.15, -0.1) is 11.8 Å². The SMILES string of the molecule is CNC(=O)[C@@H]1[C@H]2C(=O)N([C@H](CO)c3ccccc3)C(C(=O)Nc3ccc4ccccc4c3)C23S[C@@H]1CC3C. The summed E-state index contributed by atoms with van der Waals surface area (Å²) in [6.45, 7) is 1.76. The average Bonchev–Trinajstić information content (AvgIpc) is 3.53. The molecule has 3 aliphatic heterocycles. The second-order valence-corrected chi connectivity index (χ2v) is 12.1. The number of nitrogens with zero attached hydrogens (tertiary/aromatic N) is 1. The molecule has 3 amide bonds. The molecule has 0 aromatic heterocycles. The molecule has 196 valence electrons. The second-order valence-electron chi connectivity index (χ2n) is 10.6. The molecule has 2 bridgehead atoms. The molecule has 38 heavy (non-hydrogen) atoms. The first-order valence-corrected chi connectivity index (χ1v) is 14.0. The molecule has 7 nitrogen and oxygen atoms in total. The van der Waals surface area contributed by atoms with Gasteiger partial charge in [0.1, 0.15) is 6.04 Å². The zero-order chi connectivity index (χ0) is 26.6. The van der Waals surface area contributed by atoms with Crippen molar-refractivity contribution in [1.82, 2.24) is 10.2 Å². The summed E-state index contributed by atoms with van der Waals surface area (Å²) in [7, 11) is 1.59. The number of nitrogens with one attached hydrogen (secondary N) is 2. The number of carbonyl (C=O) groups excluding carboxylic acids is 3. The van der Waals surface area contributed by atoms with E-state index in [4.69, 9.17) is 0 Å². The van der Waals surface area contributed by atoms with Gasteiger partial charge in [-0.3, -0.25) is 14.4 Å². The Morgan fingerprint density at radius 1 is 1.05 bits per heavy atom. The molecule has 3 N–H and O–H groups in total. The van der Waals surface area contributed by atoms with E-state index in [9.17, 15) is 19.5 Å². The quantitative estimate of drug-likeness (QED) is 0.453. The fraction of sp³-hybridized carbons (Fsp3) is 0.367. The highest BCUT2D eigenvalue weighted by atomic mass is 32.2. The number of hydrogen-bond donors (Lipinski definition) is 3. The van der Waals surface area contributed by atoms with Crippen molar-refractivity contribution in [3.05, 3.63) is 78.4 Å². The average molecular weight is 530 g/mol. The maximum Gasteiger partial charge on any atom is 0.248 e. The van der Waals surface area contributed by atoms with Gasteiger partial charge in [0.25, 0.3) is 0 Å². The van der Waals surface area contributed by atoms with Crippen LogP contribution in [0.2, 0.25) is 0 Å². The van der Waals surface area contributed by atoms with Crippen LogP contribution in [-0.4, -0.2) is 57.4 Å². The third-order valence-electron chi connectivity index (χ3n) is 8.69. The summed E-state index contributed by atoms with van der Waals surface area (Å²) >= 11 is 1.62. The zero-order valence-corrected chi connectivity index (χ0v) is 22.2. The number of anilines is 1. The van der Waals surface area contributed by atoms with Gasteiger partial charge in [0.15, 0.2) is 0 Å². The summed E-state index contributed by atoms with van der Waals surface area (Å²) in [6, 6.07) is 21.5. The molecule has 6 rings (SSSR count). The van der Waals surface area contributed by atoms with Gasteiger partial charge in [-0.25, -0.2) is 0 Å². The molecule has 3 heterocycles. The van der Waals surface area contributed by atoms with Crippen molar-refractivity contribution >= 4 is 45.9 Å². The largest absolute Gasteiger partial charge is 0.394 e. The number of thioether (sulfide) groups is 1. The van der Waals surface area contributed by atoms with Crippen molar-refractivity contribution in [3.63, 3.8) is 0 Å². The van der Waals surface area contributed by atoms with E-state index < -0.39 is 28.7 Å². The van der Waals surface area contributed by atoms with Gasteiger partial charge in [-0.1, -0.05) is 67.6 Å². The fourth-order valence-electron chi connectivity index (χ4n) is 7.07. The van der Waals surface area contributed by atoms with Gasteiger partial charge in [0.05, 0.1) is 29.2 Å². The van der Waals surface area contributed by atoms with Crippen LogP contribution in [0, 0.1) is 17.8 Å². The van der Waals surface area contributed by atoms with Crippen molar-refractivity contribution < 1.29 is 19.5 Å². The van der Waals surface area contributed by atoms with Crippen LogP contribution in [0.1, 0.15) is 24.9 Å². The van der Waals surface area contributed by atoms with Gasteiger partial charge in [-0.2, -0.15) is 0 Å². The number of aliphatic hydroxyl groups is 1. The highest BCUT2D eigenvalue weighted by Crippen LogP contribution is 2.69. The molecule has 3 aromatic rings. The normalized spacial score (nSPS) is 30.3. The lowest BCUT2D eigenvalue weighted by atomic mass is 9.66. The first kappa shape index (κ1) is 24.9. The molecule has 8 heteroatoms. The minimum absolute atomic E-state index is 0.0266. The van der Waals surface area contributed by atoms with Gasteiger partial charge in [0.2, 0.25) is 17.7 Å². The molecule has 0 radical (unpaired) electrons. The number of amides is 3. The van der Waals surface area contributed by atoms with Crippen LogP contribution in [0.25, 0.3) is 10.8 Å². The Bertz CT molecular complexity index is 1410. The molecular formula is C30H31N3O4S. The Balaban J connectivity index is 1.45. The molecule has 3 saturated heterocycles. The van der Waals surface area contributed by atoms with Crippen LogP contribution in [0.4, 0.5) is 5.69 Å². The fourth-order valence-corrected chi connectivity index (χ4v) is 9.48. The third-order valence-corrected chi connectivity index (χ3v) is 10.8. The van der Waals surface area contributed by atoms with E-state index in [1.807, 2.05) is 72.8 Å². The summed E-state index contributed by atoms with van der Waals surface area (Å²) in [6.07, 6.45) is 0.759. The van der Waals surface area contributed by atoms with E-state index in [1.165, 1.54) is 0 Å². The van der Waals surface area contributed by atoms with Crippen LogP contribution in [-0.2, 0) is 14.4 Å². The number of fused-ring (bicyclic) bond motifs is 2. The minimum Gasteiger partial charge on any atom is -0.394 e. The van der Waals surface area contributed by atoms with Crippen LogP contribution >= 0.6 is 11.8 Å². The third kappa shape index (κ3) is 3.57. The number of aliphatic hydroxyl groups excluding tert-OH is 1. The molecule has 3 fully saturated rings. The maximum absolute atomic E-state index is 14.3. The Morgan fingerprint density at radius 3 is 2.47 bits per heavy atom. The summed E-state index contributed by atoms with van der Waals surface area (Å²) in [5, 5.41) is 18.5. The number of benzene rings is 3. The van der Waals surface area contributed by atoms with Gasteiger partial charge in [-0.05, 0) is 40.8 Å². The van der Waals surface area contributed by atoms with E-state index in [0.29, 0.717) is 5.69 Å². The first-order chi connectivity index (χ1) is 18.4. The van der Waals surface area contributed by atoms with Gasteiger partial charge >= 0.3 is 0 Å². The van der Waals surface area contributed by atoms with E-state index in [0.717, 1.165) is 22.8 Å². The minimum atomic E-state index is -0.844. The van der Waals surface area contributed by atoms with E-state index in [1.54, 1.807) is 23.7 Å².